The summed E-state index contributed by atoms with van der Waals surface area (Å²) in [5.74, 6) is -1.32. The molecule has 92 valence electrons. The second kappa shape index (κ2) is 4.96. The molecule has 1 aromatic rings. The normalized spacial score (nSPS) is 9.71. The highest BCUT2D eigenvalue weighted by molar-refractivity contribution is 5.84. The van der Waals surface area contributed by atoms with Crippen molar-refractivity contribution in [1.82, 2.24) is 4.98 Å². The first-order valence-electron chi connectivity index (χ1n) is 4.53. The number of nitrogen functional groups attached to an aromatic ring is 1. The van der Waals surface area contributed by atoms with Crippen LogP contribution in [0.15, 0.2) is 6.07 Å². The van der Waals surface area contributed by atoms with E-state index < -0.39 is 28.3 Å². The van der Waals surface area contributed by atoms with Gasteiger partial charge in [0.1, 0.15) is 5.82 Å². The van der Waals surface area contributed by atoms with Crippen molar-refractivity contribution in [3.63, 3.8) is 0 Å². The topological polar surface area (TPSA) is 141 Å². The molecule has 9 nitrogen and oxygen atoms in total. The zero-order valence-corrected chi connectivity index (χ0v) is 8.84. The van der Waals surface area contributed by atoms with Crippen molar-refractivity contribution in [2.24, 2.45) is 0 Å². The second-order valence-corrected chi connectivity index (χ2v) is 2.86. The van der Waals surface area contributed by atoms with E-state index in [2.05, 4.69) is 15.0 Å². The highest BCUT2D eigenvalue weighted by Crippen LogP contribution is 2.32. The number of nitrogens with one attached hydrogen (secondary N) is 1. The number of hydrogen-bond acceptors (Lipinski definition) is 7. The van der Waals surface area contributed by atoms with Crippen molar-refractivity contribution in [2.75, 3.05) is 17.7 Å². The van der Waals surface area contributed by atoms with Crippen LogP contribution in [0.1, 0.15) is 6.92 Å². The van der Waals surface area contributed by atoms with Gasteiger partial charge in [0.2, 0.25) is 11.6 Å². The molecule has 0 aromatic carbocycles. The number of ether oxygens (including phenoxy) is 1. The molecule has 0 fully saturated rings. The lowest BCUT2D eigenvalue weighted by molar-refractivity contribution is -0.385. The number of rotatable bonds is 3. The largest absolute Gasteiger partial charge is 0.502 e. The van der Waals surface area contributed by atoms with Gasteiger partial charge in [-0.15, -0.1) is 0 Å². The van der Waals surface area contributed by atoms with Crippen LogP contribution >= 0.6 is 0 Å². The van der Waals surface area contributed by atoms with E-state index in [1.165, 1.54) is 0 Å². The molecule has 1 heterocycles. The Morgan fingerprint density at radius 2 is 2.41 bits per heavy atom. The van der Waals surface area contributed by atoms with Crippen LogP contribution in [-0.4, -0.2) is 27.7 Å². The van der Waals surface area contributed by atoms with Crippen LogP contribution in [-0.2, 0) is 4.74 Å². The molecule has 0 aliphatic rings. The highest BCUT2D eigenvalue weighted by Gasteiger charge is 2.21. The van der Waals surface area contributed by atoms with Crippen LogP contribution in [0.3, 0.4) is 0 Å². The standard InChI is InChI=1S/C8H10N4O5/c1-2-17-8(14)11-5-3-4(13)6(12(15)16)7(9)10-5/h3H,2H2,1H3,(H4,9,10,11,13,14). The molecular weight excluding hydrogens is 232 g/mol. The van der Waals surface area contributed by atoms with Gasteiger partial charge in [0, 0.05) is 6.07 Å². The number of nitrogens with zero attached hydrogens (tertiary/aromatic N) is 2. The smallest absolute Gasteiger partial charge is 0.412 e. The molecule has 1 amide bonds. The number of anilines is 2. The Bertz CT molecular complexity index is 438. The van der Waals surface area contributed by atoms with Crippen LogP contribution in [0, 0.1) is 10.1 Å². The van der Waals surface area contributed by atoms with Gasteiger partial charge in [-0.2, -0.15) is 0 Å². The SMILES string of the molecule is CCOC(=O)Nc1cc(O)c([N+](=O)[O-])c(N)n1. The van der Waals surface area contributed by atoms with Crippen molar-refractivity contribution in [3.8, 4) is 5.75 Å². The third-order valence-corrected chi connectivity index (χ3v) is 1.69. The van der Waals surface area contributed by atoms with Crippen LogP contribution in [0.4, 0.5) is 22.1 Å². The first kappa shape index (κ1) is 12.5. The molecule has 0 spiro atoms. The molecule has 4 N–H and O–H groups in total. The van der Waals surface area contributed by atoms with Gasteiger partial charge >= 0.3 is 11.8 Å². The van der Waals surface area contributed by atoms with Crippen LogP contribution in [0.2, 0.25) is 0 Å². The van der Waals surface area contributed by atoms with E-state index in [1.54, 1.807) is 6.92 Å². The van der Waals surface area contributed by atoms with Gasteiger partial charge in [0.25, 0.3) is 0 Å². The van der Waals surface area contributed by atoms with Gasteiger partial charge in [-0.25, -0.2) is 9.78 Å². The van der Waals surface area contributed by atoms with Gasteiger partial charge in [0.05, 0.1) is 11.5 Å². The van der Waals surface area contributed by atoms with Gasteiger partial charge in [0.15, 0.2) is 0 Å². The van der Waals surface area contributed by atoms with Gasteiger partial charge in [-0.1, -0.05) is 0 Å². The quantitative estimate of drug-likeness (QED) is 0.526. The Morgan fingerprint density at radius 1 is 1.76 bits per heavy atom. The molecule has 9 heteroatoms. The third-order valence-electron chi connectivity index (χ3n) is 1.69. The number of aromatic hydroxyl groups is 1. The fourth-order valence-electron chi connectivity index (χ4n) is 1.07. The predicted octanol–water partition coefficient (Wildman–Crippen LogP) is 0.846. The lowest BCUT2D eigenvalue weighted by Gasteiger charge is -2.06. The lowest BCUT2D eigenvalue weighted by Crippen LogP contribution is -2.15. The fraction of sp³-hybridized carbons (Fsp3) is 0.250. The highest BCUT2D eigenvalue weighted by atomic mass is 16.6. The maximum Gasteiger partial charge on any atom is 0.412 e. The van der Waals surface area contributed by atoms with Crippen molar-refractivity contribution in [2.45, 2.75) is 6.92 Å². The molecule has 0 radical (unpaired) electrons. The number of pyridine rings is 1. The Balaban J connectivity index is 2.98. The van der Waals surface area contributed by atoms with Crippen molar-refractivity contribution >= 4 is 23.4 Å². The number of nitrogens with two attached hydrogens (primary N) is 1. The molecule has 1 aromatic heterocycles. The summed E-state index contributed by atoms with van der Waals surface area (Å²) in [6.07, 6.45) is -0.798. The van der Waals surface area contributed by atoms with Crippen LogP contribution in [0.25, 0.3) is 0 Å². The molecule has 0 atom stereocenters. The summed E-state index contributed by atoms with van der Waals surface area (Å²) in [7, 11) is 0. The first-order chi connectivity index (χ1) is 7.95. The minimum atomic E-state index is -0.869. The molecule has 0 saturated carbocycles. The predicted molar refractivity (Wildman–Crippen MR) is 57.6 cm³/mol. The van der Waals surface area contributed by atoms with Crippen molar-refractivity contribution < 1.29 is 19.6 Å². The van der Waals surface area contributed by atoms with Gasteiger partial charge < -0.3 is 15.6 Å². The number of hydrogen-bond donors (Lipinski definition) is 3. The van der Waals surface area contributed by atoms with E-state index >= 15 is 0 Å². The molecule has 0 bridgehead atoms. The Kier molecular flexibility index (Phi) is 3.65. The molecular formula is C8H10N4O5. The minimum absolute atomic E-state index is 0.135. The number of nitro groups is 1. The summed E-state index contributed by atoms with van der Waals surface area (Å²) >= 11 is 0. The zero-order chi connectivity index (χ0) is 13.0. The van der Waals surface area contributed by atoms with E-state index in [-0.39, 0.29) is 12.4 Å². The molecule has 0 unspecified atom stereocenters. The summed E-state index contributed by atoms with van der Waals surface area (Å²) in [6, 6.07) is 0.908. The number of aromatic nitrogens is 1. The summed E-state index contributed by atoms with van der Waals surface area (Å²) in [6.45, 7) is 1.76. The second-order valence-electron chi connectivity index (χ2n) is 2.86. The summed E-state index contributed by atoms with van der Waals surface area (Å²) in [5, 5.41) is 22.0. The van der Waals surface area contributed by atoms with E-state index in [9.17, 15) is 20.0 Å². The Hall–Kier alpha value is -2.58. The Morgan fingerprint density at radius 3 is 2.88 bits per heavy atom. The average Bonchev–Trinajstić information content (AvgIpc) is 2.15. The molecule has 0 aliphatic carbocycles. The third kappa shape index (κ3) is 2.93. The summed E-state index contributed by atoms with van der Waals surface area (Å²) < 4.78 is 4.56. The number of carbonyl (C=O) groups excluding carboxylic acids is 1. The lowest BCUT2D eigenvalue weighted by atomic mass is 10.3. The number of amides is 1. The van der Waals surface area contributed by atoms with Gasteiger partial charge in [-0.3, -0.25) is 15.4 Å². The van der Waals surface area contributed by atoms with Crippen molar-refractivity contribution in [3.05, 3.63) is 16.2 Å². The van der Waals surface area contributed by atoms with E-state index in [0.29, 0.717) is 0 Å². The van der Waals surface area contributed by atoms with Crippen molar-refractivity contribution in [1.29, 1.82) is 0 Å². The first-order valence-corrected chi connectivity index (χ1v) is 4.53. The summed E-state index contributed by atoms with van der Waals surface area (Å²) in [5.41, 5.74) is 4.56. The molecule has 0 saturated heterocycles. The molecule has 17 heavy (non-hydrogen) atoms. The van der Waals surface area contributed by atoms with E-state index in [1.807, 2.05) is 0 Å². The molecule has 0 aliphatic heterocycles. The zero-order valence-electron chi connectivity index (χ0n) is 8.84. The number of carbonyl (C=O) groups is 1. The van der Waals surface area contributed by atoms with Crippen LogP contribution < -0.4 is 11.1 Å². The van der Waals surface area contributed by atoms with Gasteiger partial charge in [-0.05, 0) is 6.92 Å². The fourth-order valence-corrected chi connectivity index (χ4v) is 1.07. The monoisotopic (exact) mass is 242 g/mol. The van der Waals surface area contributed by atoms with E-state index in [0.717, 1.165) is 6.07 Å². The van der Waals surface area contributed by atoms with E-state index in [4.69, 9.17) is 5.73 Å². The minimum Gasteiger partial charge on any atom is -0.502 e. The maximum atomic E-state index is 11.0. The summed E-state index contributed by atoms with van der Waals surface area (Å²) in [4.78, 5) is 24.2. The Labute approximate surface area is 95.4 Å². The van der Waals surface area contributed by atoms with Crippen LogP contribution in [0.5, 0.6) is 5.75 Å². The maximum absolute atomic E-state index is 11.0. The average molecular weight is 242 g/mol. The molecule has 1 rings (SSSR count).